The predicted molar refractivity (Wildman–Crippen MR) is 112 cm³/mol. The first-order valence-corrected chi connectivity index (χ1v) is 9.64. The Bertz CT molecular complexity index is 1080. The van der Waals surface area contributed by atoms with Gasteiger partial charge in [0, 0.05) is 19.2 Å². The molecule has 0 aliphatic carbocycles. The van der Waals surface area contributed by atoms with E-state index in [0.29, 0.717) is 28.9 Å². The van der Waals surface area contributed by atoms with Crippen LogP contribution >= 0.6 is 0 Å². The summed E-state index contributed by atoms with van der Waals surface area (Å²) in [6.45, 7) is 0.194. The van der Waals surface area contributed by atoms with Crippen LogP contribution in [0, 0.1) is 0 Å². The topological polar surface area (TPSA) is 85.2 Å². The Hall–Kier alpha value is -3.66. The lowest BCUT2D eigenvalue weighted by Crippen LogP contribution is -2.25. The fourth-order valence-electron chi connectivity index (χ4n) is 2.93. The average molecular weight is 446 g/mol. The van der Waals surface area contributed by atoms with Gasteiger partial charge in [-0.05, 0) is 42.3 Å². The fraction of sp³-hybridized carbons (Fsp3) is 0.227. The van der Waals surface area contributed by atoms with Gasteiger partial charge >= 0.3 is 6.18 Å². The predicted octanol–water partition coefficient (Wildman–Crippen LogP) is 3.45. The molecule has 2 aromatic carbocycles. The van der Waals surface area contributed by atoms with E-state index in [9.17, 15) is 22.8 Å². The molecule has 168 valence electrons. The highest BCUT2D eigenvalue weighted by Crippen LogP contribution is 2.29. The van der Waals surface area contributed by atoms with Gasteiger partial charge in [-0.1, -0.05) is 18.2 Å². The molecule has 0 aliphatic rings. The molecule has 1 aromatic heterocycles. The number of hydrogen-bond donors (Lipinski definition) is 2. The SMILES string of the molecule is COCC(=O)Nc1cnn(-c2cccc(C(=O)NCCc3ccc(C(F)(F)F)cc3)c2)c1. The van der Waals surface area contributed by atoms with Gasteiger partial charge in [0.2, 0.25) is 5.91 Å². The van der Waals surface area contributed by atoms with Crippen molar-refractivity contribution in [3.05, 3.63) is 77.6 Å². The lowest BCUT2D eigenvalue weighted by Gasteiger charge is -2.09. The molecule has 0 spiro atoms. The van der Waals surface area contributed by atoms with E-state index in [1.54, 1.807) is 30.5 Å². The smallest absolute Gasteiger partial charge is 0.375 e. The first-order valence-electron chi connectivity index (χ1n) is 9.64. The number of benzene rings is 2. The number of nitrogens with zero attached hydrogens (tertiary/aromatic N) is 2. The van der Waals surface area contributed by atoms with E-state index in [4.69, 9.17) is 4.74 Å². The number of alkyl halides is 3. The van der Waals surface area contributed by atoms with E-state index in [2.05, 4.69) is 15.7 Å². The number of rotatable bonds is 8. The summed E-state index contributed by atoms with van der Waals surface area (Å²) in [5, 5.41) is 9.57. The van der Waals surface area contributed by atoms with Crippen molar-refractivity contribution in [3.8, 4) is 5.69 Å². The normalized spacial score (nSPS) is 11.2. The van der Waals surface area contributed by atoms with E-state index >= 15 is 0 Å². The van der Waals surface area contributed by atoms with E-state index in [-0.39, 0.29) is 25.0 Å². The van der Waals surface area contributed by atoms with Crippen LogP contribution in [0.3, 0.4) is 0 Å². The molecular weight excluding hydrogens is 425 g/mol. The van der Waals surface area contributed by atoms with Crippen molar-refractivity contribution in [1.82, 2.24) is 15.1 Å². The highest BCUT2D eigenvalue weighted by atomic mass is 19.4. The Morgan fingerprint density at radius 3 is 2.56 bits per heavy atom. The van der Waals surface area contributed by atoms with Gasteiger partial charge in [0.15, 0.2) is 0 Å². The zero-order valence-electron chi connectivity index (χ0n) is 17.1. The molecule has 0 atom stereocenters. The maximum absolute atomic E-state index is 12.6. The number of halogens is 3. The molecule has 32 heavy (non-hydrogen) atoms. The van der Waals surface area contributed by atoms with Crippen molar-refractivity contribution in [2.45, 2.75) is 12.6 Å². The number of carbonyl (C=O) groups is 2. The van der Waals surface area contributed by atoms with Gasteiger partial charge in [0.05, 0.1) is 29.3 Å². The number of nitrogens with one attached hydrogen (secondary N) is 2. The highest BCUT2D eigenvalue weighted by molar-refractivity contribution is 5.94. The van der Waals surface area contributed by atoms with Crippen LogP contribution in [-0.2, 0) is 22.1 Å². The second kappa shape index (κ2) is 10.1. The van der Waals surface area contributed by atoms with E-state index in [0.717, 1.165) is 12.1 Å². The minimum absolute atomic E-state index is 0.0761. The van der Waals surface area contributed by atoms with E-state index < -0.39 is 11.7 Å². The monoisotopic (exact) mass is 446 g/mol. The molecule has 2 N–H and O–H groups in total. The molecule has 0 fully saturated rings. The summed E-state index contributed by atoms with van der Waals surface area (Å²) in [5.74, 6) is -0.632. The number of carbonyl (C=O) groups excluding carboxylic acids is 2. The maximum atomic E-state index is 12.6. The molecule has 10 heteroatoms. The molecule has 0 bridgehead atoms. The highest BCUT2D eigenvalue weighted by Gasteiger charge is 2.29. The van der Waals surface area contributed by atoms with Crippen LogP contribution in [0.4, 0.5) is 18.9 Å². The van der Waals surface area contributed by atoms with Gasteiger partial charge in [0.1, 0.15) is 6.61 Å². The molecule has 7 nitrogen and oxygen atoms in total. The van der Waals surface area contributed by atoms with E-state index in [1.807, 2.05) is 0 Å². The molecule has 0 radical (unpaired) electrons. The molecule has 0 aliphatic heterocycles. The van der Waals surface area contributed by atoms with Crippen LogP contribution < -0.4 is 10.6 Å². The van der Waals surface area contributed by atoms with Gasteiger partial charge in [-0.2, -0.15) is 18.3 Å². The third-order valence-corrected chi connectivity index (χ3v) is 4.50. The van der Waals surface area contributed by atoms with E-state index in [1.165, 1.54) is 30.1 Å². The summed E-state index contributed by atoms with van der Waals surface area (Å²) >= 11 is 0. The van der Waals surface area contributed by atoms with Crippen LogP contribution in [-0.4, -0.2) is 41.9 Å². The molecule has 3 rings (SSSR count). The standard InChI is InChI=1S/C22H21F3N4O3/c1-32-14-20(30)28-18-12-27-29(13-18)19-4-2-3-16(11-19)21(31)26-10-9-15-5-7-17(8-6-15)22(23,24)25/h2-8,11-13H,9-10,14H2,1H3,(H,26,31)(H,28,30). The molecule has 0 saturated carbocycles. The summed E-state index contributed by atoms with van der Waals surface area (Å²) in [7, 11) is 1.42. The average Bonchev–Trinajstić information content (AvgIpc) is 3.22. The summed E-state index contributed by atoms with van der Waals surface area (Å²) in [4.78, 5) is 24.1. The molecule has 0 saturated heterocycles. The summed E-state index contributed by atoms with van der Waals surface area (Å²) in [6.07, 6.45) is -0.893. The number of aromatic nitrogens is 2. The van der Waals surface area contributed by atoms with Crippen molar-refractivity contribution < 1.29 is 27.5 Å². The quantitative estimate of drug-likeness (QED) is 0.555. The van der Waals surface area contributed by atoms with Crippen LogP contribution in [0.25, 0.3) is 5.69 Å². The summed E-state index contributed by atoms with van der Waals surface area (Å²) in [5.41, 5.74) is 1.48. The lowest BCUT2D eigenvalue weighted by atomic mass is 10.1. The summed E-state index contributed by atoms with van der Waals surface area (Å²) < 4.78 is 44.1. The molecule has 2 amide bonds. The third kappa shape index (κ3) is 6.17. The van der Waals surface area contributed by atoms with Crippen molar-refractivity contribution in [1.29, 1.82) is 0 Å². The molecular formula is C22H21F3N4O3. The number of methoxy groups -OCH3 is 1. The van der Waals surface area contributed by atoms with Crippen molar-refractivity contribution >= 4 is 17.5 Å². The Labute approximate surface area is 182 Å². The van der Waals surface area contributed by atoms with Crippen molar-refractivity contribution in [2.24, 2.45) is 0 Å². The number of ether oxygens (including phenoxy) is 1. The molecule has 0 unspecified atom stereocenters. The summed E-state index contributed by atoms with van der Waals surface area (Å²) in [6, 6.07) is 11.6. The second-order valence-corrected chi connectivity index (χ2v) is 6.91. The van der Waals surface area contributed by atoms with Crippen LogP contribution in [0.1, 0.15) is 21.5 Å². The zero-order valence-corrected chi connectivity index (χ0v) is 17.1. The number of amides is 2. The Balaban J connectivity index is 1.57. The number of anilines is 1. The largest absolute Gasteiger partial charge is 0.416 e. The Kier molecular flexibility index (Phi) is 7.26. The van der Waals surface area contributed by atoms with Crippen molar-refractivity contribution in [2.75, 3.05) is 25.6 Å². The molecule has 3 aromatic rings. The number of hydrogen-bond acceptors (Lipinski definition) is 4. The fourth-order valence-corrected chi connectivity index (χ4v) is 2.93. The first-order chi connectivity index (χ1) is 15.3. The van der Waals surface area contributed by atoms with Gasteiger partial charge < -0.3 is 15.4 Å². The van der Waals surface area contributed by atoms with Gasteiger partial charge in [-0.15, -0.1) is 0 Å². The van der Waals surface area contributed by atoms with Crippen molar-refractivity contribution in [3.63, 3.8) is 0 Å². The maximum Gasteiger partial charge on any atom is 0.416 e. The van der Waals surface area contributed by atoms with Gasteiger partial charge in [-0.25, -0.2) is 4.68 Å². The molecule has 1 heterocycles. The van der Waals surface area contributed by atoms with Gasteiger partial charge in [-0.3, -0.25) is 9.59 Å². The third-order valence-electron chi connectivity index (χ3n) is 4.50. The lowest BCUT2D eigenvalue weighted by molar-refractivity contribution is -0.137. The van der Waals surface area contributed by atoms with Crippen LogP contribution in [0.2, 0.25) is 0 Å². The van der Waals surface area contributed by atoms with Crippen LogP contribution in [0.5, 0.6) is 0 Å². The Morgan fingerprint density at radius 1 is 1.12 bits per heavy atom. The second-order valence-electron chi connectivity index (χ2n) is 6.91. The Morgan fingerprint density at radius 2 is 1.88 bits per heavy atom. The minimum atomic E-state index is -4.37. The van der Waals surface area contributed by atoms with Gasteiger partial charge in [0.25, 0.3) is 5.91 Å². The first kappa shape index (κ1) is 23.0. The van der Waals surface area contributed by atoms with Crippen LogP contribution in [0.15, 0.2) is 60.9 Å². The zero-order chi connectivity index (χ0) is 23.1. The minimum Gasteiger partial charge on any atom is -0.375 e.